The molecule has 3 aromatic rings. The summed E-state index contributed by atoms with van der Waals surface area (Å²) >= 11 is 0. The minimum atomic E-state index is -2.76. The van der Waals surface area contributed by atoms with Crippen molar-refractivity contribution in [3.63, 3.8) is 0 Å². The first kappa shape index (κ1) is 47.1. The van der Waals surface area contributed by atoms with Crippen molar-refractivity contribution in [3.8, 4) is 34.1 Å². The van der Waals surface area contributed by atoms with E-state index in [1.54, 1.807) is 62.9 Å². The zero-order valence-corrected chi connectivity index (χ0v) is 37.9. The molecule has 1 N–H and O–H groups in total. The highest BCUT2D eigenvalue weighted by atomic mass is 28.4. The number of hydrogen-bond acceptors (Lipinski definition) is 10. The Morgan fingerprint density at radius 1 is 0.684 bits per heavy atom. The summed E-state index contributed by atoms with van der Waals surface area (Å²) in [6.07, 6.45) is -2.34. The van der Waals surface area contributed by atoms with Crippen molar-refractivity contribution in [2.24, 2.45) is 0 Å². The number of nitrogens with zero attached hydrogens (tertiary/aromatic N) is 1. The van der Waals surface area contributed by atoms with Gasteiger partial charge in [-0.3, -0.25) is 0 Å². The van der Waals surface area contributed by atoms with E-state index >= 15 is 0 Å². The molecule has 0 heterocycles. The second-order valence-corrected chi connectivity index (χ2v) is 22.6. The van der Waals surface area contributed by atoms with Crippen LogP contribution >= 0.6 is 0 Å². The summed E-state index contributed by atoms with van der Waals surface area (Å²) in [4.78, 5) is 29.2. The molecule has 0 saturated carbocycles. The number of aliphatic hydroxyl groups is 1. The summed E-state index contributed by atoms with van der Waals surface area (Å²) in [5, 5.41) is 10.4. The first-order valence-electron chi connectivity index (χ1n) is 19.8. The third-order valence-corrected chi connectivity index (χ3v) is 15.9. The normalized spacial score (nSPS) is 12.8. The van der Waals surface area contributed by atoms with E-state index in [9.17, 15) is 14.7 Å². The molecule has 0 bridgehead atoms. The van der Waals surface area contributed by atoms with Crippen LogP contribution in [0.25, 0.3) is 11.1 Å². The Hall–Kier alpha value is -4.26. The van der Waals surface area contributed by atoms with E-state index < -0.39 is 37.8 Å². The number of imide groups is 1. The molecule has 1 atom stereocenters. The molecule has 11 nitrogen and oxygen atoms in total. The van der Waals surface area contributed by atoms with Crippen molar-refractivity contribution < 1.29 is 47.5 Å². The molecule has 0 radical (unpaired) electrons. The van der Waals surface area contributed by atoms with Gasteiger partial charge in [-0.1, -0.05) is 71.9 Å². The Bertz CT molecular complexity index is 1730. The Morgan fingerprint density at radius 3 is 1.61 bits per heavy atom. The quantitative estimate of drug-likeness (QED) is 0.132. The molecule has 316 valence electrons. The lowest BCUT2D eigenvalue weighted by Crippen LogP contribution is -2.51. The molecule has 3 aromatic carbocycles. The second kappa shape index (κ2) is 19.9. The van der Waals surface area contributed by atoms with Gasteiger partial charge < -0.3 is 38.0 Å². The average molecular weight is 810 g/mol. The van der Waals surface area contributed by atoms with Crippen molar-refractivity contribution in [3.05, 3.63) is 71.3 Å². The van der Waals surface area contributed by atoms with Crippen LogP contribution in [0.1, 0.15) is 106 Å². The van der Waals surface area contributed by atoms with E-state index in [1.165, 1.54) is 0 Å². The van der Waals surface area contributed by atoms with Crippen LogP contribution < -0.4 is 18.9 Å². The molecule has 0 aliphatic heterocycles. The smallest absolute Gasteiger partial charge is 0.419 e. The van der Waals surface area contributed by atoms with Gasteiger partial charge in [-0.05, 0) is 117 Å². The van der Waals surface area contributed by atoms with E-state index in [0.717, 1.165) is 16.0 Å². The van der Waals surface area contributed by atoms with Crippen molar-refractivity contribution in [1.82, 2.24) is 4.90 Å². The third-order valence-electron chi connectivity index (χ3n) is 9.83. The Balaban J connectivity index is 2.46. The topological polar surface area (TPSA) is 122 Å². The van der Waals surface area contributed by atoms with Gasteiger partial charge in [0.15, 0.2) is 23.0 Å². The summed E-state index contributed by atoms with van der Waals surface area (Å²) in [5.74, 6) is 1.86. The first-order valence-corrected chi connectivity index (χ1v) is 21.9. The Morgan fingerprint density at radius 2 is 1.16 bits per heavy atom. The maximum Gasteiger partial charge on any atom is 0.419 e. The van der Waals surface area contributed by atoms with Gasteiger partial charge in [0.25, 0.3) is 0 Å². The van der Waals surface area contributed by atoms with Crippen LogP contribution in [-0.4, -0.2) is 76.2 Å². The van der Waals surface area contributed by atoms with Gasteiger partial charge in [0.05, 0.1) is 34.0 Å². The number of ether oxygens (including phenoxy) is 6. The van der Waals surface area contributed by atoms with Crippen LogP contribution in [0.15, 0.2) is 54.6 Å². The third kappa shape index (κ3) is 12.1. The number of carbonyl (C=O) groups excluding carboxylic acids is 2. The minimum absolute atomic E-state index is 0.144. The van der Waals surface area contributed by atoms with Gasteiger partial charge in [0, 0.05) is 6.61 Å². The standard InChI is InChI=1S/C45H67NO10Si/c1-29(2)57(30(3)4,31(5)6)56-41(27-46(42(48)54-44(7,8)9)43(49)55-45(10,11)12)36-26-38(51-14)37(50-13)25-35(36)34-24-39(52-15)40(23-33(34)21-22-47)53-28-32-19-17-16-18-20-32/h16-20,23-26,29-31,41,47H,21-22,27-28H2,1-15H3/t41-/m1/s1. The van der Waals surface area contributed by atoms with Crippen molar-refractivity contribution in [2.45, 2.75) is 130 Å². The lowest BCUT2D eigenvalue weighted by molar-refractivity contribution is -0.00691. The number of carbonyl (C=O) groups is 2. The van der Waals surface area contributed by atoms with Gasteiger partial charge >= 0.3 is 12.2 Å². The predicted molar refractivity (Wildman–Crippen MR) is 227 cm³/mol. The zero-order valence-electron chi connectivity index (χ0n) is 36.9. The Kier molecular flexibility index (Phi) is 16.5. The Labute approximate surface area is 342 Å². The van der Waals surface area contributed by atoms with E-state index in [2.05, 4.69) is 41.5 Å². The zero-order chi connectivity index (χ0) is 42.9. The summed E-state index contributed by atoms with van der Waals surface area (Å²) in [7, 11) is 1.93. The minimum Gasteiger partial charge on any atom is -0.493 e. The highest BCUT2D eigenvalue weighted by molar-refractivity contribution is 6.77. The van der Waals surface area contributed by atoms with Gasteiger partial charge in [0.1, 0.15) is 17.8 Å². The fourth-order valence-corrected chi connectivity index (χ4v) is 13.0. The molecule has 0 unspecified atom stereocenters. The average Bonchev–Trinajstić information content (AvgIpc) is 3.12. The van der Waals surface area contributed by atoms with Gasteiger partial charge in [-0.15, -0.1) is 0 Å². The monoisotopic (exact) mass is 809 g/mol. The van der Waals surface area contributed by atoms with Crippen LogP contribution in [0.2, 0.25) is 16.6 Å². The molecule has 0 saturated heterocycles. The van der Waals surface area contributed by atoms with E-state index in [0.29, 0.717) is 46.3 Å². The number of hydrogen-bond donors (Lipinski definition) is 1. The molecule has 0 aliphatic rings. The van der Waals surface area contributed by atoms with Crippen LogP contribution in [0.4, 0.5) is 9.59 Å². The lowest BCUT2D eigenvalue weighted by Gasteiger charge is -2.45. The molecule has 57 heavy (non-hydrogen) atoms. The van der Waals surface area contributed by atoms with Crippen LogP contribution in [0, 0.1) is 0 Å². The van der Waals surface area contributed by atoms with E-state index in [1.807, 2.05) is 54.6 Å². The number of aliphatic hydroxyl groups excluding tert-OH is 1. The first-order chi connectivity index (χ1) is 26.6. The molecule has 0 fully saturated rings. The fraction of sp³-hybridized carbons (Fsp3) is 0.556. The van der Waals surface area contributed by atoms with Gasteiger partial charge in [-0.25, -0.2) is 14.5 Å². The maximum absolute atomic E-state index is 14.1. The summed E-state index contributed by atoms with van der Waals surface area (Å²) in [6, 6.07) is 17.3. The van der Waals surface area contributed by atoms with E-state index in [-0.39, 0.29) is 36.2 Å². The number of amides is 2. The van der Waals surface area contributed by atoms with Crippen LogP contribution in [-0.2, 0) is 26.9 Å². The molecular weight excluding hydrogens is 743 g/mol. The largest absolute Gasteiger partial charge is 0.493 e. The number of rotatable bonds is 17. The molecule has 12 heteroatoms. The van der Waals surface area contributed by atoms with Crippen molar-refractivity contribution in [2.75, 3.05) is 34.5 Å². The molecule has 0 aliphatic carbocycles. The van der Waals surface area contributed by atoms with E-state index in [4.69, 9.17) is 32.8 Å². The maximum atomic E-state index is 14.1. The number of benzene rings is 3. The van der Waals surface area contributed by atoms with Gasteiger partial charge in [-0.2, -0.15) is 0 Å². The second-order valence-electron chi connectivity index (χ2n) is 17.2. The van der Waals surface area contributed by atoms with Crippen molar-refractivity contribution >= 4 is 20.5 Å². The molecular formula is C45H67NO10Si. The molecule has 2 amide bonds. The van der Waals surface area contributed by atoms with Crippen LogP contribution in [0.5, 0.6) is 23.0 Å². The lowest BCUT2D eigenvalue weighted by atomic mass is 9.90. The molecule has 3 rings (SSSR count). The highest BCUT2D eigenvalue weighted by Gasteiger charge is 2.48. The SMILES string of the molecule is COc1cc(-c2cc(OC)c(OCc3ccccc3)cc2CCO)c([C@@H](CN(C(=O)OC(C)(C)C)C(=O)OC(C)(C)C)O[Si](C(C)C)(C(C)C)C(C)C)cc1OC. The highest BCUT2D eigenvalue weighted by Crippen LogP contribution is 2.49. The number of methoxy groups -OCH3 is 3. The summed E-state index contributed by atoms with van der Waals surface area (Å²) in [6.45, 7) is 23.5. The van der Waals surface area contributed by atoms with Gasteiger partial charge in [0.2, 0.25) is 8.32 Å². The molecule has 0 spiro atoms. The fourth-order valence-electron chi connectivity index (χ4n) is 7.46. The molecule has 0 aromatic heterocycles. The summed E-state index contributed by atoms with van der Waals surface area (Å²) < 4.78 is 43.2. The van der Waals surface area contributed by atoms with Crippen molar-refractivity contribution in [1.29, 1.82) is 0 Å². The van der Waals surface area contributed by atoms with Crippen LogP contribution in [0.3, 0.4) is 0 Å². The predicted octanol–water partition coefficient (Wildman–Crippen LogP) is 10.9. The summed E-state index contributed by atoms with van der Waals surface area (Å²) in [5.41, 5.74) is 2.38.